The van der Waals surface area contributed by atoms with Crippen molar-refractivity contribution in [3.63, 3.8) is 0 Å². The summed E-state index contributed by atoms with van der Waals surface area (Å²) in [4.78, 5) is 18.7. The van der Waals surface area contributed by atoms with Gasteiger partial charge in [-0.15, -0.1) is 0 Å². The Bertz CT molecular complexity index is 948. The third kappa shape index (κ3) is 4.37. The number of halogens is 1. The van der Waals surface area contributed by atoms with Crippen molar-refractivity contribution in [3.05, 3.63) is 65.8 Å². The number of ether oxygens (including phenoxy) is 2. The minimum atomic E-state index is -0.0137. The Morgan fingerprint density at radius 3 is 2.61 bits per heavy atom. The van der Waals surface area contributed by atoms with Gasteiger partial charge in [0.15, 0.2) is 6.61 Å². The van der Waals surface area contributed by atoms with Crippen LogP contribution in [0.1, 0.15) is 12.8 Å². The molecule has 0 spiro atoms. The zero-order valence-corrected chi connectivity index (χ0v) is 16.1. The smallest absolute Gasteiger partial charge is 0.260 e. The predicted molar refractivity (Wildman–Crippen MR) is 109 cm³/mol. The maximum atomic E-state index is 12.4. The van der Waals surface area contributed by atoms with E-state index >= 15 is 0 Å². The zero-order chi connectivity index (χ0) is 19.3. The average molecular weight is 397 g/mol. The van der Waals surface area contributed by atoms with Crippen LogP contribution in [0.3, 0.4) is 0 Å². The Morgan fingerprint density at radius 2 is 1.82 bits per heavy atom. The Hall–Kier alpha value is -2.79. The molecule has 0 radical (unpaired) electrons. The second-order valence-corrected chi connectivity index (χ2v) is 7.21. The first kappa shape index (κ1) is 18.6. The number of piperidine rings is 1. The van der Waals surface area contributed by atoms with Crippen molar-refractivity contribution in [2.75, 3.05) is 19.7 Å². The first-order valence-corrected chi connectivity index (χ1v) is 9.73. The molecule has 1 aliphatic heterocycles. The summed E-state index contributed by atoms with van der Waals surface area (Å²) in [6, 6.07) is 16.9. The zero-order valence-electron chi connectivity index (χ0n) is 15.4. The Balaban J connectivity index is 1.29. The van der Waals surface area contributed by atoms with Crippen LogP contribution in [0.15, 0.2) is 60.8 Å². The molecule has 3 aromatic rings. The van der Waals surface area contributed by atoms with Crippen LogP contribution in [0.2, 0.25) is 5.02 Å². The van der Waals surface area contributed by atoms with E-state index in [9.17, 15) is 4.79 Å². The maximum Gasteiger partial charge on any atom is 0.260 e. The van der Waals surface area contributed by atoms with Crippen molar-refractivity contribution < 1.29 is 14.3 Å². The van der Waals surface area contributed by atoms with Gasteiger partial charge in [0.1, 0.15) is 23.1 Å². The molecule has 0 aliphatic carbocycles. The van der Waals surface area contributed by atoms with E-state index in [-0.39, 0.29) is 18.6 Å². The summed E-state index contributed by atoms with van der Waals surface area (Å²) < 4.78 is 11.8. The Morgan fingerprint density at radius 1 is 1.07 bits per heavy atom. The molecule has 2 heterocycles. The van der Waals surface area contributed by atoms with Crippen LogP contribution in [-0.4, -0.2) is 41.6 Å². The monoisotopic (exact) mass is 396 g/mol. The summed E-state index contributed by atoms with van der Waals surface area (Å²) in [5.74, 6) is 1.42. The van der Waals surface area contributed by atoms with Crippen LogP contribution < -0.4 is 9.47 Å². The van der Waals surface area contributed by atoms with Gasteiger partial charge < -0.3 is 14.4 Å². The van der Waals surface area contributed by atoms with Gasteiger partial charge in [-0.3, -0.25) is 9.78 Å². The highest BCUT2D eigenvalue weighted by Gasteiger charge is 2.24. The van der Waals surface area contributed by atoms with E-state index in [1.54, 1.807) is 30.5 Å². The number of fused-ring (bicyclic) bond motifs is 1. The van der Waals surface area contributed by atoms with Crippen molar-refractivity contribution in [2.24, 2.45) is 0 Å². The minimum Gasteiger partial charge on any atom is -0.488 e. The topological polar surface area (TPSA) is 51.7 Å². The number of pyridine rings is 1. The van der Waals surface area contributed by atoms with Crippen LogP contribution in [0.5, 0.6) is 11.5 Å². The number of amides is 1. The lowest BCUT2D eigenvalue weighted by Crippen LogP contribution is -2.43. The van der Waals surface area contributed by atoms with Gasteiger partial charge in [0.2, 0.25) is 0 Å². The first-order valence-electron chi connectivity index (χ1n) is 9.35. The van der Waals surface area contributed by atoms with E-state index in [1.807, 2.05) is 35.2 Å². The van der Waals surface area contributed by atoms with Gasteiger partial charge in [0.05, 0.1) is 0 Å². The summed E-state index contributed by atoms with van der Waals surface area (Å²) in [7, 11) is 0. The van der Waals surface area contributed by atoms with Gasteiger partial charge >= 0.3 is 0 Å². The fourth-order valence-corrected chi connectivity index (χ4v) is 3.47. The summed E-state index contributed by atoms with van der Waals surface area (Å²) in [6.07, 6.45) is 3.43. The average Bonchev–Trinajstić information content (AvgIpc) is 2.74. The number of aromatic nitrogens is 1. The van der Waals surface area contributed by atoms with Gasteiger partial charge in [-0.2, -0.15) is 0 Å². The number of nitrogens with zero attached hydrogens (tertiary/aromatic N) is 2. The van der Waals surface area contributed by atoms with E-state index in [1.165, 1.54) is 0 Å². The molecule has 6 heteroatoms. The van der Waals surface area contributed by atoms with Crippen molar-refractivity contribution in [1.82, 2.24) is 9.88 Å². The lowest BCUT2D eigenvalue weighted by atomic mass is 10.1. The first-order chi connectivity index (χ1) is 13.7. The molecule has 1 saturated heterocycles. The molecular weight excluding hydrogens is 376 g/mol. The Kier molecular flexibility index (Phi) is 5.63. The van der Waals surface area contributed by atoms with E-state index < -0.39 is 0 Å². The van der Waals surface area contributed by atoms with Gasteiger partial charge in [-0.25, -0.2) is 0 Å². The number of benzene rings is 2. The molecule has 0 atom stereocenters. The third-order valence-corrected chi connectivity index (χ3v) is 5.11. The molecule has 4 rings (SSSR count). The molecule has 1 aliphatic rings. The molecule has 144 valence electrons. The number of carbonyl (C=O) groups is 1. The van der Waals surface area contributed by atoms with Crippen LogP contribution in [0.25, 0.3) is 10.9 Å². The van der Waals surface area contributed by atoms with Crippen molar-refractivity contribution in [3.8, 4) is 11.5 Å². The lowest BCUT2D eigenvalue weighted by Gasteiger charge is -2.32. The highest BCUT2D eigenvalue weighted by atomic mass is 35.5. The molecule has 0 unspecified atom stereocenters. The van der Waals surface area contributed by atoms with E-state index in [2.05, 4.69) is 4.98 Å². The van der Waals surface area contributed by atoms with E-state index in [4.69, 9.17) is 21.1 Å². The largest absolute Gasteiger partial charge is 0.488 e. The quantitative estimate of drug-likeness (QED) is 0.643. The number of likely N-dealkylation sites (tertiary alicyclic amines) is 1. The molecule has 5 nitrogen and oxygen atoms in total. The second-order valence-electron chi connectivity index (χ2n) is 6.77. The van der Waals surface area contributed by atoms with Crippen LogP contribution >= 0.6 is 11.6 Å². The fourth-order valence-electron chi connectivity index (χ4n) is 3.34. The minimum absolute atomic E-state index is 0.0137. The van der Waals surface area contributed by atoms with Gasteiger partial charge in [-0.1, -0.05) is 29.8 Å². The summed E-state index contributed by atoms with van der Waals surface area (Å²) >= 11 is 5.85. The van der Waals surface area contributed by atoms with Crippen molar-refractivity contribution in [1.29, 1.82) is 0 Å². The van der Waals surface area contributed by atoms with Gasteiger partial charge in [0.25, 0.3) is 5.91 Å². The molecule has 28 heavy (non-hydrogen) atoms. The second kappa shape index (κ2) is 8.48. The fraction of sp³-hybridized carbons (Fsp3) is 0.273. The normalized spacial score (nSPS) is 14.8. The molecule has 0 N–H and O–H groups in total. The van der Waals surface area contributed by atoms with Crippen molar-refractivity contribution in [2.45, 2.75) is 18.9 Å². The molecular formula is C22H21ClN2O3. The number of hydrogen-bond donors (Lipinski definition) is 0. The maximum absolute atomic E-state index is 12.4. The van der Waals surface area contributed by atoms with E-state index in [0.29, 0.717) is 23.9 Å². The lowest BCUT2D eigenvalue weighted by molar-refractivity contribution is -0.135. The third-order valence-electron chi connectivity index (χ3n) is 4.86. The summed E-state index contributed by atoms with van der Waals surface area (Å²) in [5, 5.41) is 1.70. The number of rotatable bonds is 5. The molecule has 1 fully saturated rings. The standard InChI is InChI=1S/C22H21ClN2O3/c23-17-6-8-18(9-7-17)27-15-21(26)25-13-10-19(11-14-25)28-20-5-1-3-16-4-2-12-24-22(16)20/h1-9,12,19H,10-11,13-15H2. The SMILES string of the molecule is O=C(COc1ccc(Cl)cc1)N1CCC(Oc2cccc3cccnc23)CC1. The molecule has 1 amide bonds. The van der Waals surface area contributed by atoms with Crippen LogP contribution in [0, 0.1) is 0 Å². The van der Waals surface area contributed by atoms with Gasteiger partial charge in [-0.05, 0) is 36.4 Å². The molecule has 0 bridgehead atoms. The highest BCUT2D eigenvalue weighted by Crippen LogP contribution is 2.26. The number of para-hydroxylation sites is 1. The molecule has 1 aromatic heterocycles. The number of carbonyl (C=O) groups excluding carboxylic acids is 1. The van der Waals surface area contributed by atoms with Gasteiger partial charge in [0, 0.05) is 42.5 Å². The molecule has 2 aromatic carbocycles. The Labute approximate surface area is 168 Å². The summed E-state index contributed by atoms with van der Waals surface area (Å²) in [5.41, 5.74) is 0.875. The number of hydrogen-bond acceptors (Lipinski definition) is 4. The van der Waals surface area contributed by atoms with E-state index in [0.717, 1.165) is 29.5 Å². The van der Waals surface area contributed by atoms with Crippen LogP contribution in [-0.2, 0) is 4.79 Å². The molecule has 0 saturated carbocycles. The predicted octanol–water partition coefficient (Wildman–Crippen LogP) is 4.34. The highest BCUT2D eigenvalue weighted by molar-refractivity contribution is 6.30. The van der Waals surface area contributed by atoms with Crippen molar-refractivity contribution >= 4 is 28.4 Å². The van der Waals surface area contributed by atoms with Crippen LogP contribution in [0.4, 0.5) is 0 Å². The summed E-state index contributed by atoms with van der Waals surface area (Å²) in [6.45, 7) is 1.34.